The van der Waals surface area contributed by atoms with Crippen LogP contribution in [-0.2, 0) is 12.8 Å². The van der Waals surface area contributed by atoms with Gasteiger partial charge in [-0.1, -0.05) is 36.4 Å². The number of rotatable bonds is 4. The Morgan fingerprint density at radius 2 is 1.81 bits per heavy atom. The maximum Gasteiger partial charge on any atom is 0.161 e. The molecule has 1 unspecified atom stereocenters. The summed E-state index contributed by atoms with van der Waals surface area (Å²) in [6, 6.07) is 17.4. The molecule has 1 heterocycles. The molecular weight excluding hydrogens is 390 g/mol. The second kappa shape index (κ2) is 7.29. The SMILES string of the molecule is COc1cc2c(cc1OC)C(Cc1ccc3ccccc3c1Br)NCC2. The van der Waals surface area contributed by atoms with Crippen LogP contribution >= 0.6 is 15.9 Å². The molecule has 3 aromatic rings. The summed E-state index contributed by atoms with van der Waals surface area (Å²) >= 11 is 3.83. The Morgan fingerprint density at radius 1 is 1.04 bits per heavy atom. The number of methoxy groups -OCH3 is 2. The zero-order valence-electron chi connectivity index (χ0n) is 15.0. The lowest BCUT2D eigenvalue weighted by Gasteiger charge is -2.28. The first-order valence-corrected chi connectivity index (χ1v) is 9.65. The molecular formula is C22H22BrNO2. The molecule has 0 bridgehead atoms. The van der Waals surface area contributed by atoms with Crippen LogP contribution in [0, 0.1) is 0 Å². The van der Waals surface area contributed by atoms with Gasteiger partial charge in [0.05, 0.1) is 14.2 Å². The molecule has 134 valence electrons. The topological polar surface area (TPSA) is 30.5 Å². The van der Waals surface area contributed by atoms with Crippen LogP contribution in [0.25, 0.3) is 10.8 Å². The van der Waals surface area contributed by atoms with E-state index in [0.717, 1.165) is 30.9 Å². The standard InChI is InChI=1S/C22H22BrNO2/c1-25-20-12-15-9-10-24-19(18(15)13-21(20)26-2)11-16-8-7-14-5-3-4-6-17(14)22(16)23/h3-8,12-13,19,24H,9-11H2,1-2H3. The molecule has 1 N–H and O–H groups in total. The second-order valence-electron chi connectivity index (χ2n) is 6.63. The van der Waals surface area contributed by atoms with Gasteiger partial charge >= 0.3 is 0 Å². The maximum atomic E-state index is 5.52. The van der Waals surface area contributed by atoms with Crippen molar-refractivity contribution in [1.82, 2.24) is 5.32 Å². The van der Waals surface area contributed by atoms with Gasteiger partial charge in [-0.25, -0.2) is 0 Å². The number of fused-ring (bicyclic) bond motifs is 2. The Labute approximate surface area is 162 Å². The number of nitrogens with one attached hydrogen (secondary N) is 1. The van der Waals surface area contributed by atoms with Gasteiger partial charge in [-0.2, -0.15) is 0 Å². The van der Waals surface area contributed by atoms with Gasteiger partial charge in [-0.15, -0.1) is 0 Å². The fourth-order valence-electron chi connectivity index (χ4n) is 3.81. The lowest BCUT2D eigenvalue weighted by atomic mass is 9.89. The third kappa shape index (κ3) is 3.08. The summed E-state index contributed by atoms with van der Waals surface area (Å²) in [5, 5.41) is 6.18. The quantitative estimate of drug-likeness (QED) is 0.651. The number of hydrogen-bond donors (Lipinski definition) is 1. The smallest absolute Gasteiger partial charge is 0.161 e. The first kappa shape index (κ1) is 17.4. The van der Waals surface area contributed by atoms with E-state index in [1.807, 2.05) is 0 Å². The second-order valence-corrected chi connectivity index (χ2v) is 7.42. The highest BCUT2D eigenvalue weighted by Crippen LogP contribution is 2.37. The van der Waals surface area contributed by atoms with Gasteiger partial charge in [0, 0.05) is 10.5 Å². The lowest BCUT2D eigenvalue weighted by molar-refractivity contribution is 0.352. The lowest BCUT2D eigenvalue weighted by Crippen LogP contribution is -2.31. The van der Waals surface area contributed by atoms with Gasteiger partial charge in [-0.3, -0.25) is 0 Å². The third-order valence-electron chi connectivity index (χ3n) is 5.17. The minimum Gasteiger partial charge on any atom is -0.493 e. The fraction of sp³-hybridized carbons (Fsp3) is 0.273. The van der Waals surface area contributed by atoms with E-state index in [1.54, 1.807) is 14.2 Å². The molecule has 0 amide bonds. The summed E-state index contributed by atoms with van der Waals surface area (Å²) in [5.41, 5.74) is 3.95. The normalized spacial score (nSPS) is 16.3. The highest BCUT2D eigenvalue weighted by Gasteiger charge is 2.23. The summed E-state index contributed by atoms with van der Waals surface area (Å²) in [4.78, 5) is 0. The highest BCUT2D eigenvalue weighted by atomic mass is 79.9. The van der Waals surface area contributed by atoms with E-state index in [2.05, 4.69) is 69.8 Å². The molecule has 0 spiro atoms. The van der Waals surface area contributed by atoms with Crippen LogP contribution in [0.1, 0.15) is 22.7 Å². The van der Waals surface area contributed by atoms with Gasteiger partial charge < -0.3 is 14.8 Å². The molecule has 1 aliphatic rings. The van der Waals surface area contributed by atoms with E-state index in [0.29, 0.717) is 0 Å². The van der Waals surface area contributed by atoms with E-state index >= 15 is 0 Å². The summed E-state index contributed by atoms with van der Waals surface area (Å²) in [7, 11) is 3.38. The van der Waals surface area contributed by atoms with Crippen molar-refractivity contribution in [2.45, 2.75) is 18.9 Å². The number of halogens is 1. The van der Waals surface area contributed by atoms with Gasteiger partial charge in [0.15, 0.2) is 11.5 Å². The van der Waals surface area contributed by atoms with E-state index in [4.69, 9.17) is 9.47 Å². The summed E-state index contributed by atoms with van der Waals surface area (Å²) in [6.45, 7) is 0.971. The molecule has 4 heteroatoms. The van der Waals surface area contributed by atoms with Crippen LogP contribution in [0.3, 0.4) is 0 Å². The van der Waals surface area contributed by atoms with Crippen LogP contribution in [0.4, 0.5) is 0 Å². The van der Waals surface area contributed by atoms with Crippen molar-refractivity contribution in [3.8, 4) is 11.5 Å². The van der Waals surface area contributed by atoms with Gasteiger partial charge in [0.1, 0.15) is 0 Å². The largest absolute Gasteiger partial charge is 0.493 e. The van der Waals surface area contributed by atoms with E-state index < -0.39 is 0 Å². The van der Waals surface area contributed by atoms with Crippen LogP contribution in [0.2, 0.25) is 0 Å². The molecule has 0 saturated heterocycles. The average Bonchev–Trinajstić information content (AvgIpc) is 2.69. The number of hydrogen-bond acceptors (Lipinski definition) is 3. The monoisotopic (exact) mass is 411 g/mol. The van der Waals surface area contributed by atoms with Crippen molar-refractivity contribution < 1.29 is 9.47 Å². The van der Waals surface area contributed by atoms with Crippen molar-refractivity contribution in [3.05, 3.63) is 69.7 Å². The zero-order valence-corrected chi connectivity index (χ0v) is 16.6. The third-order valence-corrected chi connectivity index (χ3v) is 6.11. The van der Waals surface area contributed by atoms with Crippen molar-refractivity contribution in [1.29, 1.82) is 0 Å². The van der Waals surface area contributed by atoms with Crippen molar-refractivity contribution in [2.24, 2.45) is 0 Å². The summed E-state index contributed by atoms with van der Waals surface area (Å²) in [6.07, 6.45) is 1.93. The first-order valence-electron chi connectivity index (χ1n) is 8.85. The van der Waals surface area contributed by atoms with E-state index in [1.165, 1.54) is 31.9 Å². The van der Waals surface area contributed by atoms with Crippen molar-refractivity contribution in [3.63, 3.8) is 0 Å². The molecule has 1 atom stereocenters. The molecule has 3 nitrogen and oxygen atoms in total. The maximum absolute atomic E-state index is 5.52. The van der Waals surface area contributed by atoms with E-state index in [9.17, 15) is 0 Å². The van der Waals surface area contributed by atoms with Gasteiger partial charge in [-0.05, 0) is 74.9 Å². The Morgan fingerprint density at radius 3 is 2.62 bits per heavy atom. The Bertz CT molecular complexity index is 954. The molecule has 0 aromatic heterocycles. The summed E-state index contributed by atoms with van der Waals surface area (Å²) < 4.78 is 12.2. The first-order chi connectivity index (χ1) is 12.7. The number of benzene rings is 3. The fourth-order valence-corrected chi connectivity index (χ4v) is 4.46. The van der Waals surface area contributed by atoms with Crippen LogP contribution < -0.4 is 14.8 Å². The Kier molecular flexibility index (Phi) is 4.88. The molecule has 1 aliphatic heterocycles. The predicted molar refractivity (Wildman–Crippen MR) is 109 cm³/mol. The number of ether oxygens (including phenoxy) is 2. The molecule has 0 saturated carbocycles. The van der Waals surface area contributed by atoms with Crippen LogP contribution in [0.5, 0.6) is 11.5 Å². The summed E-state index contributed by atoms with van der Waals surface area (Å²) in [5.74, 6) is 1.59. The minimum absolute atomic E-state index is 0.260. The van der Waals surface area contributed by atoms with Gasteiger partial charge in [0.25, 0.3) is 0 Å². The molecule has 0 fully saturated rings. The molecule has 0 aliphatic carbocycles. The van der Waals surface area contributed by atoms with Crippen molar-refractivity contribution in [2.75, 3.05) is 20.8 Å². The van der Waals surface area contributed by atoms with Crippen LogP contribution in [-0.4, -0.2) is 20.8 Å². The molecule has 4 rings (SSSR count). The molecule has 0 radical (unpaired) electrons. The molecule has 3 aromatic carbocycles. The minimum atomic E-state index is 0.260. The Hall–Kier alpha value is -2.04. The van der Waals surface area contributed by atoms with Crippen molar-refractivity contribution >= 4 is 26.7 Å². The van der Waals surface area contributed by atoms with E-state index in [-0.39, 0.29) is 6.04 Å². The predicted octanol–water partition coefficient (Wildman–Crippen LogP) is 5.05. The molecule has 26 heavy (non-hydrogen) atoms. The highest BCUT2D eigenvalue weighted by molar-refractivity contribution is 9.10. The van der Waals surface area contributed by atoms with Gasteiger partial charge in [0.2, 0.25) is 0 Å². The zero-order chi connectivity index (χ0) is 18.1. The van der Waals surface area contributed by atoms with Crippen LogP contribution in [0.15, 0.2) is 53.0 Å². The average molecular weight is 412 g/mol. The Balaban J connectivity index is 1.72.